The summed E-state index contributed by atoms with van der Waals surface area (Å²) in [6.07, 6.45) is 5.48. The normalized spacial score (nSPS) is 16.3. The van der Waals surface area contributed by atoms with Crippen LogP contribution in [0.5, 0.6) is 0 Å². The van der Waals surface area contributed by atoms with Gasteiger partial charge in [0.1, 0.15) is 0 Å². The topological polar surface area (TPSA) is 62.3 Å². The van der Waals surface area contributed by atoms with Crippen molar-refractivity contribution in [1.82, 2.24) is 9.88 Å². The van der Waals surface area contributed by atoms with Crippen LogP contribution in [-0.4, -0.2) is 28.2 Å². The second-order valence-corrected chi connectivity index (χ2v) is 7.40. The van der Waals surface area contributed by atoms with Crippen molar-refractivity contribution in [2.45, 2.75) is 18.9 Å². The van der Waals surface area contributed by atoms with E-state index in [9.17, 15) is 9.59 Å². The van der Waals surface area contributed by atoms with Crippen molar-refractivity contribution in [2.75, 3.05) is 11.9 Å². The lowest BCUT2D eigenvalue weighted by molar-refractivity contribution is 0.0735. The van der Waals surface area contributed by atoms with Crippen LogP contribution < -0.4 is 5.32 Å². The van der Waals surface area contributed by atoms with Gasteiger partial charge in [-0.25, -0.2) is 0 Å². The molecule has 0 aliphatic carbocycles. The largest absolute Gasteiger partial charge is 0.332 e. The Balaban J connectivity index is 1.53. The number of nitrogens with one attached hydrogen (secondary N) is 1. The molecule has 3 aromatic rings. The van der Waals surface area contributed by atoms with Crippen molar-refractivity contribution in [3.63, 3.8) is 0 Å². The highest BCUT2D eigenvalue weighted by molar-refractivity contribution is 7.12. The van der Waals surface area contributed by atoms with Gasteiger partial charge in [0.05, 0.1) is 10.9 Å². The third kappa shape index (κ3) is 3.75. The van der Waals surface area contributed by atoms with Crippen LogP contribution in [0.4, 0.5) is 5.69 Å². The number of carbonyl (C=O) groups excluding carboxylic acids is 2. The smallest absolute Gasteiger partial charge is 0.265 e. The molecule has 5 nitrogen and oxygen atoms in total. The number of hydrogen-bond acceptors (Lipinski definition) is 4. The Morgan fingerprint density at radius 2 is 2.07 bits per heavy atom. The number of thiophene rings is 1. The number of carbonyl (C=O) groups is 2. The number of hydrogen-bond donors (Lipinski definition) is 1. The van der Waals surface area contributed by atoms with Crippen molar-refractivity contribution in [3.8, 4) is 0 Å². The van der Waals surface area contributed by atoms with Crippen LogP contribution in [0.25, 0.3) is 0 Å². The lowest BCUT2D eigenvalue weighted by Gasteiger charge is -2.25. The zero-order chi connectivity index (χ0) is 18.6. The van der Waals surface area contributed by atoms with Crippen LogP contribution in [0.2, 0.25) is 0 Å². The van der Waals surface area contributed by atoms with Gasteiger partial charge >= 0.3 is 0 Å². The number of pyridine rings is 1. The zero-order valence-corrected chi connectivity index (χ0v) is 15.5. The minimum absolute atomic E-state index is 0.0198. The van der Waals surface area contributed by atoms with Gasteiger partial charge in [0, 0.05) is 30.2 Å². The van der Waals surface area contributed by atoms with E-state index in [1.807, 2.05) is 34.7 Å². The first-order chi connectivity index (χ1) is 13.2. The van der Waals surface area contributed by atoms with E-state index in [0.717, 1.165) is 24.9 Å². The number of aromatic nitrogens is 1. The highest BCUT2D eigenvalue weighted by Crippen LogP contribution is 2.33. The van der Waals surface area contributed by atoms with Gasteiger partial charge in [-0.3, -0.25) is 14.6 Å². The lowest BCUT2D eigenvalue weighted by Crippen LogP contribution is -2.30. The SMILES string of the molecule is O=C(Nc1cccc(C(=O)N2CCCC2c2cccnc2)c1)c1cccs1. The summed E-state index contributed by atoms with van der Waals surface area (Å²) in [7, 11) is 0. The maximum absolute atomic E-state index is 13.1. The number of anilines is 1. The van der Waals surface area contributed by atoms with Crippen LogP contribution >= 0.6 is 11.3 Å². The Morgan fingerprint density at radius 1 is 1.15 bits per heavy atom. The van der Waals surface area contributed by atoms with Crippen LogP contribution in [0.3, 0.4) is 0 Å². The summed E-state index contributed by atoms with van der Waals surface area (Å²) < 4.78 is 0. The predicted molar refractivity (Wildman–Crippen MR) is 106 cm³/mol. The van der Waals surface area contributed by atoms with Crippen molar-refractivity contribution < 1.29 is 9.59 Å². The summed E-state index contributed by atoms with van der Waals surface area (Å²) >= 11 is 1.39. The van der Waals surface area contributed by atoms with E-state index >= 15 is 0 Å². The maximum atomic E-state index is 13.1. The standard InChI is InChI=1S/C21H19N3O2S/c25-20(19-9-4-12-27-19)23-17-7-1-5-15(13-17)21(26)24-11-3-8-18(24)16-6-2-10-22-14-16/h1-2,4-7,9-10,12-14,18H,3,8,11H2,(H,23,25). The molecule has 136 valence electrons. The van der Waals surface area contributed by atoms with Gasteiger partial charge < -0.3 is 10.2 Å². The molecule has 0 spiro atoms. The van der Waals surface area contributed by atoms with Gasteiger partial charge in [0.15, 0.2) is 0 Å². The minimum Gasteiger partial charge on any atom is -0.332 e. The van der Waals surface area contributed by atoms with E-state index < -0.39 is 0 Å². The van der Waals surface area contributed by atoms with Crippen molar-refractivity contribution in [2.24, 2.45) is 0 Å². The fourth-order valence-corrected chi connectivity index (χ4v) is 4.04. The monoisotopic (exact) mass is 377 g/mol. The van der Waals surface area contributed by atoms with Crippen LogP contribution in [-0.2, 0) is 0 Å². The van der Waals surface area contributed by atoms with E-state index in [0.29, 0.717) is 16.1 Å². The molecule has 1 aromatic carbocycles. The molecular formula is C21H19N3O2S. The van der Waals surface area contributed by atoms with Gasteiger partial charge in [0.25, 0.3) is 11.8 Å². The molecule has 1 atom stereocenters. The molecule has 1 fully saturated rings. The Morgan fingerprint density at radius 3 is 2.85 bits per heavy atom. The van der Waals surface area contributed by atoms with Crippen molar-refractivity contribution in [1.29, 1.82) is 0 Å². The summed E-state index contributed by atoms with van der Waals surface area (Å²) in [5.41, 5.74) is 2.26. The van der Waals surface area contributed by atoms with Crippen LogP contribution in [0, 0.1) is 0 Å². The van der Waals surface area contributed by atoms with Crippen LogP contribution in [0.15, 0.2) is 66.3 Å². The highest BCUT2D eigenvalue weighted by atomic mass is 32.1. The highest BCUT2D eigenvalue weighted by Gasteiger charge is 2.30. The second kappa shape index (κ2) is 7.72. The van der Waals surface area contributed by atoms with Crippen molar-refractivity contribution >= 4 is 28.8 Å². The second-order valence-electron chi connectivity index (χ2n) is 6.46. The van der Waals surface area contributed by atoms with Crippen molar-refractivity contribution in [3.05, 3.63) is 82.3 Å². The first-order valence-electron chi connectivity index (χ1n) is 8.88. The molecule has 27 heavy (non-hydrogen) atoms. The van der Waals surface area contributed by atoms with E-state index in [4.69, 9.17) is 0 Å². The Labute approximate surface area is 161 Å². The Hall–Kier alpha value is -2.99. The van der Waals surface area contributed by atoms with E-state index in [-0.39, 0.29) is 17.9 Å². The third-order valence-electron chi connectivity index (χ3n) is 4.70. The average molecular weight is 377 g/mol. The molecule has 1 aliphatic rings. The fraction of sp³-hybridized carbons (Fsp3) is 0.190. The third-order valence-corrected chi connectivity index (χ3v) is 5.56. The Kier molecular flexibility index (Phi) is 4.98. The predicted octanol–water partition coefficient (Wildman–Crippen LogP) is 4.37. The summed E-state index contributed by atoms with van der Waals surface area (Å²) in [5.74, 6) is -0.183. The number of likely N-dealkylation sites (tertiary alicyclic amines) is 1. The van der Waals surface area contributed by atoms with E-state index in [1.54, 1.807) is 36.5 Å². The van der Waals surface area contributed by atoms with E-state index in [2.05, 4.69) is 10.3 Å². The molecule has 4 rings (SSSR count). The summed E-state index contributed by atoms with van der Waals surface area (Å²) in [5, 5.41) is 4.73. The van der Waals surface area contributed by atoms with Gasteiger partial charge in [-0.1, -0.05) is 18.2 Å². The van der Waals surface area contributed by atoms with Crippen LogP contribution in [0.1, 0.15) is 44.5 Å². The number of nitrogens with zero attached hydrogens (tertiary/aromatic N) is 2. The zero-order valence-electron chi connectivity index (χ0n) is 14.7. The summed E-state index contributed by atoms with van der Waals surface area (Å²) in [4.78, 5) is 32.1. The molecule has 1 N–H and O–H groups in total. The number of benzene rings is 1. The maximum Gasteiger partial charge on any atom is 0.265 e. The molecule has 0 radical (unpaired) electrons. The average Bonchev–Trinajstić information content (AvgIpc) is 3.40. The number of amides is 2. The molecule has 3 heterocycles. The minimum atomic E-state index is -0.163. The van der Waals surface area contributed by atoms with Gasteiger partial charge in [0.2, 0.25) is 0 Å². The van der Waals surface area contributed by atoms with Gasteiger partial charge in [-0.2, -0.15) is 0 Å². The quantitative estimate of drug-likeness (QED) is 0.734. The summed E-state index contributed by atoms with van der Waals surface area (Å²) in [6.45, 7) is 0.726. The fourth-order valence-electron chi connectivity index (χ4n) is 3.43. The van der Waals surface area contributed by atoms with Gasteiger partial charge in [-0.15, -0.1) is 11.3 Å². The molecule has 0 saturated carbocycles. The first kappa shape index (κ1) is 17.4. The molecule has 1 aliphatic heterocycles. The van der Waals surface area contributed by atoms with Gasteiger partial charge in [-0.05, 0) is 54.1 Å². The molecule has 2 amide bonds. The molecule has 1 saturated heterocycles. The number of rotatable bonds is 4. The molecule has 6 heteroatoms. The molecule has 2 aromatic heterocycles. The first-order valence-corrected chi connectivity index (χ1v) is 9.76. The molecular weight excluding hydrogens is 358 g/mol. The Bertz CT molecular complexity index is 941. The molecule has 1 unspecified atom stereocenters. The van der Waals surface area contributed by atoms with E-state index in [1.165, 1.54) is 11.3 Å². The molecule has 0 bridgehead atoms. The summed E-state index contributed by atoms with van der Waals surface area (Å²) in [6, 6.07) is 14.7. The lowest BCUT2D eigenvalue weighted by atomic mass is 10.1.